The van der Waals surface area contributed by atoms with Gasteiger partial charge >= 0.3 is 0 Å². The predicted octanol–water partition coefficient (Wildman–Crippen LogP) is 3.85. The maximum Gasteiger partial charge on any atom is 0.273 e. The lowest BCUT2D eigenvalue weighted by Crippen LogP contribution is -2.31. The van der Waals surface area contributed by atoms with E-state index >= 15 is 0 Å². The molecule has 1 fully saturated rings. The van der Waals surface area contributed by atoms with Gasteiger partial charge < -0.3 is 9.64 Å². The number of benzene rings is 1. The molecule has 0 spiro atoms. The number of nitrogens with zero attached hydrogens (tertiary/aromatic N) is 2. The first kappa shape index (κ1) is 14.8. The predicted molar refractivity (Wildman–Crippen MR) is 86.2 cm³/mol. The molecule has 0 aliphatic carbocycles. The number of likely N-dealkylation sites (tertiary alicyclic amines) is 1. The molecule has 3 rings (SSSR count). The van der Waals surface area contributed by atoms with Crippen LogP contribution in [0, 0.1) is 0 Å². The largest absolute Gasteiger partial charge is 0.465 e. The first-order valence-corrected chi connectivity index (χ1v) is 8.49. The van der Waals surface area contributed by atoms with Crippen LogP contribution < -0.4 is 4.74 Å². The van der Waals surface area contributed by atoms with Gasteiger partial charge in [0.1, 0.15) is 6.10 Å². The fraction of sp³-hybridized carbons (Fsp3) is 0.286. The molecule has 1 saturated heterocycles. The fourth-order valence-corrected chi connectivity index (χ4v) is 3.36. The molecule has 1 aromatic carbocycles. The lowest BCUT2D eigenvalue weighted by atomic mass is 10.2. The van der Waals surface area contributed by atoms with Crippen molar-refractivity contribution in [3.05, 3.63) is 44.8 Å². The molecule has 0 bridgehead atoms. The lowest BCUT2D eigenvalue weighted by molar-refractivity contribution is 0.0772. The van der Waals surface area contributed by atoms with E-state index in [9.17, 15) is 4.79 Å². The maximum atomic E-state index is 12.5. The first-order valence-electron chi connectivity index (χ1n) is 6.44. The lowest BCUT2D eigenvalue weighted by Gasteiger charge is -2.17. The second kappa shape index (κ2) is 6.34. The van der Waals surface area contributed by atoms with Crippen LogP contribution in [0.4, 0.5) is 0 Å². The first-order chi connectivity index (χ1) is 10.1. The van der Waals surface area contributed by atoms with Crippen molar-refractivity contribution >= 4 is 44.8 Å². The highest BCUT2D eigenvalue weighted by atomic mass is 79.9. The number of amides is 1. The van der Waals surface area contributed by atoms with Gasteiger partial charge in [-0.2, -0.15) is 0 Å². The van der Waals surface area contributed by atoms with E-state index in [-0.39, 0.29) is 12.0 Å². The summed E-state index contributed by atoms with van der Waals surface area (Å²) in [7, 11) is 0. The molecule has 21 heavy (non-hydrogen) atoms. The van der Waals surface area contributed by atoms with Gasteiger partial charge in [-0.3, -0.25) is 4.79 Å². The molecule has 4 nitrogen and oxygen atoms in total. The number of hydrogen-bond donors (Lipinski definition) is 0. The van der Waals surface area contributed by atoms with E-state index in [1.54, 1.807) is 23.2 Å². The van der Waals surface area contributed by atoms with Gasteiger partial charge in [0.25, 0.3) is 11.1 Å². The van der Waals surface area contributed by atoms with Crippen LogP contribution in [0.15, 0.2) is 34.2 Å². The van der Waals surface area contributed by atoms with Crippen LogP contribution in [-0.4, -0.2) is 35.0 Å². The number of carbonyl (C=O) groups is 1. The number of carbonyl (C=O) groups excluding carboxylic acids is 1. The van der Waals surface area contributed by atoms with E-state index in [0.717, 1.165) is 10.9 Å². The number of ether oxygens (including phenoxy) is 1. The average molecular weight is 388 g/mol. The van der Waals surface area contributed by atoms with Gasteiger partial charge in [0.15, 0.2) is 0 Å². The standard InChI is InChI=1S/C14H12BrClN2O2S/c15-9-1-2-12(16)11(7-9)13(19)18-5-3-10(8-18)20-14-17-4-6-21-14/h1-2,4,6-7,10H,3,5,8H2. The van der Waals surface area contributed by atoms with E-state index in [2.05, 4.69) is 20.9 Å². The maximum absolute atomic E-state index is 12.5. The Morgan fingerprint density at radius 1 is 1.52 bits per heavy atom. The summed E-state index contributed by atoms with van der Waals surface area (Å²) in [6, 6.07) is 5.29. The van der Waals surface area contributed by atoms with Crippen molar-refractivity contribution < 1.29 is 9.53 Å². The van der Waals surface area contributed by atoms with Crippen LogP contribution in [0.3, 0.4) is 0 Å². The van der Waals surface area contributed by atoms with Gasteiger partial charge in [-0.1, -0.05) is 38.9 Å². The highest BCUT2D eigenvalue weighted by Gasteiger charge is 2.29. The average Bonchev–Trinajstić information content (AvgIpc) is 3.13. The Hall–Kier alpha value is -1.11. The van der Waals surface area contributed by atoms with E-state index in [1.807, 2.05) is 11.4 Å². The molecule has 7 heteroatoms. The molecule has 1 aromatic heterocycles. The van der Waals surface area contributed by atoms with Crippen molar-refractivity contribution in [2.45, 2.75) is 12.5 Å². The second-order valence-electron chi connectivity index (χ2n) is 4.70. The molecule has 110 valence electrons. The summed E-state index contributed by atoms with van der Waals surface area (Å²) in [5, 5.41) is 2.98. The van der Waals surface area contributed by atoms with Crippen LogP contribution in [0.25, 0.3) is 0 Å². The summed E-state index contributed by atoms with van der Waals surface area (Å²) in [6.45, 7) is 1.22. The molecule has 1 aliphatic heterocycles. The van der Waals surface area contributed by atoms with E-state index in [0.29, 0.717) is 28.9 Å². The quantitative estimate of drug-likeness (QED) is 0.803. The van der Waals surface area contributed by atoms with Crippen molar-refractivity contribution in [2.24, 2.45) is 0 Å². The van der Waals surface area contributed by atoms with Crippen LogP contribution >= 0.6 is 38.9 Å². The molecule has 1 aliphatic rings. The van der Waals surface area contributed by atoms with Gasteiger partial charge in [0, 0.05) is 29.0 Å². The summed E-state index contributed by atoms with van der Waals surface area (Å²) in [4.78, 5) is 18.4. The van der Waals surface area contributed by atoms with Gasteiger partial charge in [0.05, 0.1) is 17.1 Å². The number of halogens is 2. The Bertz CT molecular complexity index is 650. The van der Waals surface area contributed by atoms with Gasteiger partial charge in [-0.25, -0.2) is 4.98 Å². The third-order valence-electron chi connectivity index (χ3n) is 3.27. The molecule has 1 unspecified atom stereocenters. The van der Waals surface area contributed by atoms with Crippen LogP contribution in [0.2, 0.25) is 5.02 Å². The third-order valence-corrected chi connectivity index (χ3v) is 4.75. The SMILES string of the molecule is O=C(c1cc(Br)ccc1Cl)N1CCC(Oc2nccs2)C1. The minimum atomic E-state index is -0.0634. The summed E-state index contributed by atoms with van der Waals surface area (Å²) in [6.07, 6.45) is 2.50. The topological polar surface area (TPSA) is 42.4 Å². The van der Waals surface area contributed by atoms with Crippen LogP contribution in [0.5, 0.6) is 5.19 Å². The molecule has 1 amide bonds. The molecule has 2 heterocycles. The van der Waals surface area contributed by atoms with Gasteiger partial charge in [0.2, 0.25) is 0 Å². The molecular formula is C14H12BrClN2O2S. The summed E-state index contributed by atoms with van der Waals surface area (Å²) in [5.74, 6) is -0.0634. The minimum absolute atomic E-state index is 0.00831. The van der Waals surface area contributed by atoms with Gasteiger partial charge in [-0.15, -0.1) is 0 Å². The van der Waals surface area contributed by atoms with Crippen LogP contribution in [-0.2, 0) is 0 Å². The summed E-state index contributed by atoms with van der Waals surface area (Å²) in [5.41, 5.74) is 0.515. The van der Waals surface area contributed by atoms with E-state index in [1.165, 1.54) is 11.3 Å². The Morgan fingerprint density at radius 2 is 2.38 bits per heavy atom. The fourth-order valence-electron chi connectivity index (χ4n) is 2.25. The number of rotatable bonds is 3. The molecule has 0 radical (unpaired) electrons. The Morgan fingerprint density at radius 3 is 3.14 bits per heavy atom. The normalized spacial score (nSPS) is 18.0. The number of thiazole rings is 1. The van der Waals surface area contributed by atoms with Crippen LogP contribution in [0.1, 0.15) is 16.8 Å². The number of hydrogen-bond acceptors (Lipinski definition) is 4. The number of aromatic nitrogens is 1. The Labute approximate surface area is 139 Å². The van der Waals surface area contributed by atoms with Crippen molar-refractivity contribution in [2.75, 3.05) is 13.1 Å². The third kappa shape index (κ3) is 3.39. The smallest absolute Gasteiger partial charge is 0.273 e. The van der Waals surface area contributed by atoms with Crippen molar-refractivity contribution in [3.63, 3.8) is 0 Å². The molecule has 2 aromatic rings. The highest BCUT2D eigenvalue weighted by molar-refractivity contribution is 9.10. The molecular weight excluding hydrogens is 376 g/mol. The van der Waals surface area contributed by atoms with Crippen molar-refractivity contribution in [1.29, 1.82) is 0 Å². The molecule has 0 saturated carbocycles. The van der Waals surface area contributed by atoms with Gasteiger partial charge in [-0.05, 0) is 18.2 Å². The Balaban J connectivity index is 1.68. The molecule has 1 atom stereocenters. The second-order valence-corrected chi connectivity index (χ2v) is 6.88. The zero-order valence-electron chi connectivity index (χ0n) is 11.0. The monoisotopic (exact) mass is 386 g/mol. The molecule has 0 N–H and O–H groups in total. The highest BCUT2D eigenvalue weighted by Crippen LogP contribution is 2.25. The Kier molecular flexibility index (Phi) is 4.47. The summed E-state index contributed by atoms with van der Waals surface area (Å²) < 4.78 is 6.59. The van der Waals surface area contributed by atoms with E-state index < -0.39 is 0 Å². The summed E-state index contributed by atoms with van der Waals surface area (Å²) >= 11 is 10.9. The van der Waals surface area contributed by atoms with Crippen molar-refractivity contribution in [3.8, 4) is 5.19 Å². The minimum Gasteiger partial charge on any atom is -0.465 e. The zero-order chi connectivity index (χ0) is 14.8. The zero-order valence-corrected chi connectivity index (χ0v) is 14.1. The van der Waals surface area contributed by atoms with E-state index in [4.69, 9.17) is 16.3 Å². The van der Waals surface area contributed by atoms with Crippen molar-refractivity contribution in [1.82, 2.24) is 9.88 Å².